The molecule has 11 heteroatoms. The number of hydrazone groups is 1. The van der Waals surface area contributed by atoms with E-state index in [9.17, 15) is 14.4 Å². The Bertz CT molecular complexity index is 753. The van der Waals surface area contributed by atoms with Gasteiger partial charge in [-0.1, -0.05) is 11.6 Å². The predicted molar refractivity (Wildman–Crippen MR) is 104 cm³/mol. The van der Waals surface area contributed by atoms with Gasteiger partial charge in [-0.05, 0) is 6.92 Å². The topological polar surface area (TPSA) is 127 Å². The van der Waals surface area contributed by atoms with Crippen molar-refractivity contribution < 1.29 is 28.6 Å². The van der Waals surface area contributed by atoms with Crippen LogP contribution < -0.4 is 25.5 Å². The minimum Gasteiger partial charge on any atom is -0.495 e. The van der Waals surface area contributed by atoms with Gasteiger partial charge in [0.05, 0.1) is 38.0 Å². The van der Waals surface area contributed by atoms with E-state index in [4.69, 9.17) is 25.8 Å². The van der Waals surface area contributed by atoms with Crippen LogP contribution in [0.25, 0.3) is 0 Å². The molecule has 154 valence electrons. The summed E-state index contributed by atoms with van der Waals surface area (Å²) >= 11 is 6.02. The highest BCUT2D eigenvalue weighted by Crippen LogP contribution is 2.35. The molecule has 0 unspecified atom stereocenters. The van der Waals surface area contributed by atoms with Gasteiger partial charge in [0.25, 0.3) is 0 Å². The Balaban J connectivity index is 2.64. The number of hydrogen-bond acceptors (Lipinski definition) is 7. The summed E-state index contributed by atoms with van der Waals surface area (Å²) in [5.41, 5.74) is 2.73. The molecule has 0 heterocycles. The number of carbonyl (C=O) groups is 3. The van der Waals surface area contributed by atoms with E-state index in [1.807, 2.05) is 0 Å². The van der Waals surface area contributed by atoms with Crippen LogP contribution in [0.4, 0.5) is 5.69 Å². The first-order chi connectivity index (χ1) is 13.3. The van der Waals surface area contributed by atoms with Gasteiger partial charge in [-0.3, -0.25) is 14.4 Å². The molecule has 0 aromatic heterocycles. The van der Waals surface area contributed by atoms with Crippen molar-refractivity contribution in [3.63, 3.8) is 0 Å². The van der Waals surface area contributed by atoms with E-state index in [1.54, 1.807) is 0 Å². The third-order valence-electron chi connectivity index (χ3n) is 3.31. The zero-order valence-corrected chi connectivity index (χ0v) is 16.8. The Labute approximate surface area is 167 Å². The van der Waals surface area contributed by atoms with Crippen molar-refractivity contribution in [2.75, 3.05) is 39.8 Å². The van der Waals surface area contributed by atoms with E-state index in [0.717, 1.165) is 0 Å². The van der Waals surface area contributed by atoms with Gasteiger partial charge in [0.15, 0.2) is 0 Å². The summed E-state index contributed by atoms with van der Waals surface area (Å²) < 4.78 is 15.1. The van der Waals surface area contributed by atoms with Crippen LogP contribution in [0, 0.1) is 0 Å². The third-order valence-corrected chi connectivity index (χ3v) is 3.61. The molecule has 0 atom stereocenters. The number of amides is 3. The van der Waals surface area contributed by atoms with Gasteiger partial charge >= 0.3 is 11.8 Å². The lowest BCUT2D eigenvalue weighted by molar-refractivity contribution is -0.139. The maximum Gasteiger partial charge on any atom is 0.329 e. The zero-order chi connectivity index (χ0) is 21.1. The summed E-state index contributed by atoms with van der Waals surface area (Å²) in [5.74, 6) is -1.48. The lowest BCUT2D eigenvalue weighted by Crippen LogP contribution is -2.39. The monoisotopic (exact) mass is 414 g/mol. The Morgan fingerprint density at radius 2 is 1.75 bits per heavy atom. The average molecular weight is 415 g/mol. The van der Waals surface area contributed by atoms with Crippen molar-refractivity contribution in [3.8, 4) is 11.5 Å². The van der Waals surface area contributed by atoms with Crippen molar-refractivity contribution in [1.82, 2.24) is 10.7 Å². The van der Waals surface area contributed by atoms with Crippen molar-refractivity contribution in [2.24, 2.45) is 5.10 Å². The number of nitrogens with one attached hydrogen (secondary N) is 3. The van der Waals surface area contributed by atoms with Crippen molar-refractivity contribution in [2.45, 2.75) is 13.3 Å². The van der Waals surface area contributed by atoms with Crippen molar-refractivity contribution >= 4 is 40.7 Å². The molecule has 0 bridgehead atoms. The smallest absolute Gasteiger partial charge is 0.329 e. The highest BCUT2D eigenvalue weighted by atomic mass is 35.5. The van der Waals surface area contributed by atoms with Crippen LogP contribution in [0.1, 0.15) is 13.3 Å². The fraction of sp³-hybridized carbons (Fsp3) is 0.412. The molecule has 0 aliphatic rings. The summed E-state index contributed by atoms with van der Waals surface area (Å²) in [5, 5.41) is 9.06. The normalized spacial score (nSPS) is 10.8. The predicted octanol–water partition coefficient (Wildman–Crippen LogP) is 0.941. The van der Waals surface area contributed by atoms with Crippen LogP contribution in [0.15, 0.2) is 17.2 Å². The molecule has 1 aromatic carbocycles. The van der Waals surface area contributed by atoms with Gasteiger partial charge in [-0.2, -0.15) is 5.10 Å². The van der Waals surface area contributed by atoms with Crippen LogP contribution in [0.3, 0.4) is 0 Å². The van der Waals surface area contributed by atoms with E-state index in [-0.39, 0.29) is 25.3 Å². The molecule has 3 N–H and O–H groups in total. The molecule has 0 saturated heterocycles. The highest BCUT2D eigenvalue weighted by Gasteiger charge is 2.14. The van der Waals surface area contributed by atoms with Gasteiger partial charge in [-0.25, -0.2) is 5.43 Å². The number of hydrogen-bond donors (Lipinski definition) is 3. The number of rotatable bonds is 9. The van der Waals surface area contributed by atoms with Gasteiger partial charge in [0.1, 0.15) is 11.5 Å². The molecular weight excluding hydrogens is 392 g/mol. The van der Waals surface area contributed by atoms with E-state index >= 15 is 0 Å². The number of ether oxygens (including phenoxy) is 3. The number of methoxy groups -OCH3 is 3. The molecule has 0 spiro atoms. The summed E-state index contributed by atoms with van der Waals surface area (Å²) in [6.07, 6.45) is -0.125. The summed E-state index contributed by atoms with van der Waals surface area (Å²) in [4.78, 5) is 35.3. The van der Waals surface area contributed by atoms with Gasteiger partial charge in [0, 0.05) is 31.5 Å². The molecule has 10 nitrogen and oxygen atoms in total. The molecular formula is C17H23ClN4O6. The van der Waals surface area contributed by atoms with Crippen LogP contribution in [0.5, 0.6) is 11.5 Å². The van der Waals surface area contributed by atoms with Gasteiger partial charge in [0.2, 0.25) is 5.91 Å². The fourth-order valence-electron chi connectivity index (χ4n) is 1.97. The molecule has 0 fully saturated rings. The van der Waals surface area contributed by atoms with Crippen LogP contribution in [-0.2, 0) is 19.1 Å². The summed E-state index contributed by atoms with van der Waals surface area (Å²) in [6, 6.07) is 3.04. The number of nitrogens with zero attached hydrogens (tertiary/aromatic N) is 1. The molecule has 0 aliphatic heterocycles. The largest absolute Gasteiger partial charge is 0.495 e. The lowest BCUT2D eigenvalue weighted by atomic mass is 10.2. The molecule has 0 aliphatic carbocycles. The molecule has 0 radical (unpaired) electrons. The number of carbonyl (C=O) groups excluding carboxylic acids is 3. The second-order valence-electron chi connectivity index (χ2n) is 5.45. The Morgan fingerprint density at radius 3 is 2.36 bits per heavy atom. The fourth-order valence-corrected chi connectivity index (χ4v) is 2.20. The van der Waals surface area contributed by atoms with E-state index in [2.05, 4.69) is 21.2 Å². The Hall–Kier alpha value is -2.85. The Kier molecular flexibility index (Phi) is 9.75. The second-order valence-corrected chi connectivity index (χ2v) is 5.86. The SMILES string of the molecule is COCCNC(=O)C(=O)N/N=C(\C)CC(=O)Nc1cc(OC)c(Cl)cc1OC. The number of halogens is 1. The third kappa shape index (κ3) is 7.41. The maximum atomic E-state index is 12.2. The minimum absolute atomic E-state index is 0.125. The van der Waals surface area contributed by atoms with Crippen molar-refractivity contribution in [3.05, 3.63) is 17.2 Å². The second kappa shape index (κ2) is 11.8. The van der Waals surface area contributed by atoms with Gasteiger partial charge < -0.3 is 24.8 Å². The first-order valence-electron chi connectivity index (χ1n) is 8.14. The first-order valence-corrected chi connectivity index (χ1v) is 8.51. The standard InChI is InChI=1S/C17H23ClN4O6/c1-10(21-22-17(25)16(24)19-5-6-26-2)7-15(23)20-12-9-13(27-3)11(18)8-14(12)28-4/h8-9H,5-7H2,1-4H3,(H,19,24)(H,20,23)(H,22,25)/b21-10+. The van der Waals surface area contributed by atoms with E-state index in [1.165, 1.54) is 40.4 Å². The van der Waals surface area contributed by atoms with Crippen LogP contribution in [-0.4, -0.2) is 57.9 Å². The Morgan fingerprint density at radius 1 is 1.07 bits per heavy atom. The lowest BCUT2D eigenvalue weighted by Gasteiger charge is -2.13. The number of benzene rings is 1. The first kappa shape index (κ1) is 23.2. The summed E-state index contributed by atoms with van der Waals surface area (Å²) in [6.45, 7) is 2.00. The average Bonchev–Trinajstić information content (AvgIpc) is 2.66. The van der Waals surface area contributed by atoms with Gasteiger partial charge in [-0.15, -0.1) is 0 Å². The van der Waals surface area contributed by atoms with E-state index < -0.39 is 17.7 Å². The molecule has 3 amide bonds. The quantitative estimate of drug-likeness (QED) is 0.239. The van der Waals surface area contributed by atoms with E-state index in [0.29, 0.717) is 22.2 Å². The minimum atomic E-state index is -0.944. The maximum absolute atomic E-state index is 12.2. The van der Waals surface area contributed by atoms with Crippen LogP contribution in [0.2, 0.25) is 5.02 Å². The zero-order valence-electron chi connectivity index (χ0n) is 16.1. The number of anilines is 1. The molecule has 28 heavy (non-hydrogen) atoms. The van der Waals surface area contributed by atoms with Crippen LogP contribution >= 0.6 is 11.6 Å². The molecule has 0 saturated carbocycles. The highest BCUT2D eigenvalue weighted by molar-refractivity contribution is 6.35. The summed E-state index contributed by atoms with van der Waals surface area (Å²) in [7, 11) is 4.36. The van der Waals surface area contributed by atoms with Crippen molar-refractivity contribution in [1.29, 1.82) is 0 Å². The molecule has 1 aromatic rings. The molecule has 1 rings (SSSR count).